The molecule has 7 heteroatoms. The zero-order valence-corrected chi connectivity index (χ0v) is 12.0. The highest BCUT2D eigenvalue weighted by atomic mass is 32.2. The van der Waals surface area contributed by atoms with Crippen molar-refractivity contribution in [2.75, 3.05) is 11.9 Å². The van der Waals surface area contributed by atoms with E-state index in [0.29, 0.717) is 11.4 Å². The highest BCUT2D eigenvalue weighted by Crippen LogP contribution is 2.20. The number of nitrogens with zero attached hydrogens (tertiary/aromatic N) is 1. The monoisotopic (exact) mass is 295 g/mol. The largest absolute Gasteiger partial charge is 0.384 e. The predicted octanol–water partition coefficient (Wildman–Crippen LogP) is 1.97. The smallest absolute Gasteiger partial charge is 0.242 e. The minimum absolute atomic E-state index is 0.0982. The number of rotatable bonds is 7. The molecule has 108 valence electrons. The number of hydrogen-bond acceptors (Lipinski definition) is 5. The summed E-state index contributed by atoms with van der Waals surface area (Å²) in [4.78, 5) is 0.233. The molecule has 1 heterocycles. The van der Waals surface area contributed by atoms with Gasteiger partial charge in [-0.3, -0.25) is 0 Å². The molecule has 1 aromatic carbocycles. The van der Waals surface area contributed by atoms with E-state index in [2.05, 4.69) is 19.7 Å². The van der Waals surface area contributed by atoms with Crippen LogP contribution in [0.3, 0.4) is 0 Å². The van der Waals surface area contributed by atoms with Crippen LogP contribution in [-0.4, -0.2) is 20.1 Å². The Kier molecular flexibility index (Phi) is 4.75. The zero-order chi connectivity index (χ0) is 14.4. The van der Waals surface area contributed by atoms with Crippen molar-refractivity contribution in [2.45, 2.75) is 24.8 Å². The summed E-state index contributed by atoms with van der Waals surface area (Å²) in [5.74, 6) is 0. The number of aromatic nitrogens is 1. The van der Waals surface area contributed by atoms with Crippen LogP contribution in [-0.2, 0) is 16.6 Å². The lowest BCUT2D eigenvalue weighted by Gasteiger charge is -2.12. The van der Waals surface area contributed by atoms with E-state index >= 15 is 0 Å². The van der Waals surface area contributed by atoms with Crippen LogP contribution in [0.25, 0.3) is 0 Å². The van der Waals surface area contributed by atoms with Gasteiger partial charge in [0.15, 0.2) is 0 Å². The van der Waals surface area contributed by atoms with Gasteiger partial charge in [0.1, 0.15) is 11.2 Å². The number of sulfonamides is 1. The van der Waals surface area contributed by atoms with Gasteiger partial charge in [0.25, 0.3) is 0 Å². The summed E-state index contributed by atoms with van der Waals surface area (Å²) in [6.07, 6.45) is 2.32. The average Bonchev–Trinajstić information content (AvgIpc) is 2.97. The summed E-state index contributed by atoms with van der Waals surface area (Å²) in [6.45, 7) is 2.84. The van der Waals surface area contributed by atoms with E-state index in [1.165, 1.54) is 6.26 Å². The van der Waals surface area contributed by atoms with Crippen molar-refractivity contribution in [2.24, 2.45) is 0 Å². The Labute approximate surface area is 118 Å². The SMILES string of the molecule is CCCNc1ccccc1S(=O)(=O)NCc1ccon1. The Morgan fingerprint density at radius 2 is 2.05 bits per heavy atom. The zero-order valence-electron chi connectivity index (χ0n) is 11.2. The normalized spacial score (nSPS) is 11.4. The molecule has 2 rings (SSSR count). The van der Waals surface area contributed by atoms with Crippen LogP contribution < -0.4 is 10.0 Å². The second-order valence-electron chi connectivity index (χ2n) is 4.24. The summed E-state index contributed by atoms with van der Waals surface area (Å²) in [5, 5.41) is 6.78. The van der Waals surface area contributed by atoms with Gasteiger partial charge in [-0.1, -0.05) is 24.2 Å². The molecule has 0 saturated heterocycles. The molecule has 2 N–H and O–H groups in total. The number of benzene rings is 1. The van der Waals surface area contributed by atoms with Crippen molar-refractivity contribution < 1.29 is 12.9 Å². The molecule has 0 saturated carbocycles. The molecule has 0 atom stereocenters. The molecule has 6 nitrogen and oxygen atoms in total. The van der Waals surface area contributed by atoms with Crippen LogP contribution in [0.1, 0.15) is 19.0 Å². The van der Waals surface area contributed by atoms with Gasteiger partial charge in [-0.15, -0.1) is 0 Å². The first-order chi connectivity index (χ1) is 9.63. The van der Waals surface area contributed by atoms with Gasteiger partial charge in [-0.05, 0) is 18.6 Å². The van der Waals surface area contributed by atoms with Crippen LogP contribution in [0, 0.1) is 0 Å². The Bertz CT molecular complexity index is 639. The summed E-state index contributed by atoms with van der Waals surface area (Å²) in [7, 11) is -3.59. The van der Waals surface area contributed by atoms with E-state index in [-0.39, 0.29) is 11.4 Å². The second-order valence-corrected chi connectivity index (χ2v) is 5.97. The molecule has 0 unspecified atom stereocenters. The summed E-state index contributed by atoms with van der Waals surface area (Å²) < 4.78 is 31.8. The lowest BCUT2D eigenvalue weighted by atomic mass is 10.3. The van der Waals surface area contributed by atoms with Gasteiger partial charge in [0, 0.05) is 12.6 Å². The Balaban J connectivity index is 2.16. The van der Waals surface area contributed by atoms with E-state index in [4.69, 9.17) is 0 Å². The summed E-state index contributed by atoms with van der Waals surface area (Å²) in [5.41, 5.74) is 1.13. The Hall–Kier alpha value is -1.86. The van der Waals surface area contributed by atoms with E-state index in [1.807, 2.05) is 6.92 Å². The molecule has 0 aliphatic carbocycles. The van der Waals surface area contributed by atoms with E-state index in [9.17, 15) is 8.42 Å². The topological polar surface area (TPSA) is 84.2 Å². The molecular formula is C13H17N3O3S. The summed E-state index contributed by atoms with van der Waals surface area (Å²) in [6, 6.07) is 8.43. The molecule has 0 bridgehead atoms. The fourth-order valence-corrected chi connectivity index (χ4v) is 2.86. The standard InChI is InChI=1S/C13H17N3O3S/c1-2-8-14-12-5-3-4-6-13(12)20(17,18)15-10-11-7-9-19-16-11/h3-7,9,14-15H,2,8,10H2,1H3. The van der Waals surface area contributed by atoms with Crippen LogP contribution in [0.4, 0.5) is 5.69 Å². The average molecular weight is 295 g/mol. The number of hydrogen-bond donors (Lipinski definition) is 2. The fourth-order valence-electron chi connectivity index (χ4n) is 1.68. The molecular weight excluding hydrogens is 278 g/mol. The van der Waals surface area contributed by atoms with Gasteiger partial charge in [0.05, 0.1) is 17.9 Å². The molecule has 1 aromatic heterocycles. The van der Waals surface area contributed by atoms with Crippen molar-refractivity contribution >= 4 is 15.7 Å². The third kappa shape index (κ3) is 3.58. The first kappa shape index (κ1) is 14.5. The minimum atomic E-state index is -3.59. The van der Waals surface area contributed by atoms with E-state index < -0.39 is 10.0 Å². The molecule has 20 heavy (non-hydrogen) atoms. The van der Waals surface area contributed by atoms with E-state index in [1.54, 1.807) is 30.3 Å². The Morgan fingerprint density at radius 3 is 2.75 bits per heavy atom. The lowest BCUT2D eigenvalue weighted by Crippen LogP contribution is -2.24. The second kappa shape index (κ2) is 6.53. The van der Waals surface area contributed by atoms with Crippen molar-refractivity contribution in [1.29, 1.82) is 0 Å². The third-order valence-corrected chi connectivity index (χ3v) is 4.14. The fraction of sp³-hybridized carbons (Fsp3) is 0.308. The van der Waals surface area contributed by atoms with Gasteiger partial charge in [0.2, 0.25) is 10.0 Å². The first-order valence-corrected chi connectivity index (χ1v) is 7.83. The predicted molar refractivity (Wildman–Crippen MR) is 75.8 cm³/mol. The van der Waals surface area contributed by atoms with Gasteiger partial charge in [-0.2, -0.15) is 0 Å². The highest BCUT2D eigenvalue weighted by Gasteiger charge is 2.18. The Morgan fingerprint density at radius 1 is 1.25 bits per heavy atom. The van der Waals surface area contributed by atoms with Crippen LogP contribution in [0.2, 0.25) is 0 Å². The van der Waals surface area contributed by atoms with Crippen molar-refractivity contribution in [3.05, 3.63) is 42.3 Å². The third-order valence-electron chi connectivity index (χ3n) is 2.68. The molecule has 0 spiro atoms. The molecule has 0 fully saturated rings. The maximum Gasteiger partial charge on any atom is 0.242 e. The summed E-state index contributed by atoms with van der Waals surface area (Å²) >= 11 is 0. The number of para-hydroxylation sites is 1. The quantitative estimate of drug-likeness (QED) is 0.816. The number of anilines is 1. The van der Waals surface area contributed by atoms with E-state index in [0.717, 1.165) is 13.0 Å². The van der Waals surface area contributed by atoms with Crippen molar-refractivity contribution in [3.8, 4) is 0 Å². The first-order valence-electron chi connectivity index (χ1n) is 6.35. The minimum Gasteiger partial charge on any atom is -0.384 e. The number of nitrogens with one attached hydrogen (secondary N) is 2. The van der Waals surface area contributed by atoms with Gasteiger partial charge in [-0.25, -0.2) is 13.1 Å². The van der Waals surface area contributed by atoms with Gasteiger partial charge >= 0.3 is 0 Å². The lowest BCUT2D eigenvalue weighted by molar-refractivity contribution is 0.411. The van der Waals surface area contributed by atoms with Crippen LogP contribution in [0.5, 0.6) is 0 Å². The maximum absolute atomic E-state index is 12.3. The molecule has 0 radical (unpaired) electrons. The molecule has 0 aliphatic heterocycles. The van der Waals surface area contributed by atoms with Crippen molar-refractivity contribution in [3.63, 3.8) is 0 Å². The maximum atomic E-state index is 12.3. The highest BCUT2D eigenvalue weighted by molar-refractivity contribution is 7.89. The van der Waals surface area contributed by atoms with Gasteiger partial charge < -0.3 is 9.84 Å². The van der Waals surface area contributed by atoms with Crippen molar-refractivity contribution in [1.82, 2.24) is 9.88 Å². The molecule has 2 aromatic rings. The molecule has 0 aliphatic rings. The van der Waals surface area contributed by atoms with Crippen LogP contribution >= 0.6 is 0 Å². The van der Waals surface area contributed by atoms with Crippen LogP contribution in [0.15, 0.2) is 46.0 Å². The molecule has 0 amide bonds.